The third-order valence-electron chi connectivity index (χ3n) is 6.53. The molecule has 1 aromatic rings. The summed E-state index contributed by atoms with van der Waals surface area (Å²) in [5, 5.41) is 12.3. The summed E-state index contributed by atoms with van der Waals surface area (Å²) >= 11 is 0. The van der Waals surface area contributed by atoms with Crippen LogP contribution in [0.25, 0.3) is 0 Å². The van der Waals surface area contributed by atoms with Gasteiger partial charge in [-0.25, -0.2) is 0 Å². The van der Waals surface area contributed by atoms with Gasteiger partial charge in [0.2, 0.25) is 0 Å². The third kappa shape index (κ3) is 9.33. The number of aryl methyl sites for hydroxylation is 1. The highest BCUT2D eigenvalue weighted by atomic mass is 16.4. The van der Waals surface area contributed by atoms with Crippen LogP contribution in [0.3, 0.4) is 0 Å². The molecule has 3 nitrogen and oxygen atoms in total. The molecule has 0 saturated carbocycles. The Morgan fingerprint density at radius 1 is 0.793 bits per heavy atom. The van der Waals surface area contributed by atoms with Crippen molar-refractivity contribution >= 4 is 5.97 Å². The van der Waals surface area contributed by atoms with Gasteiger partial charge in [0.05, 0.1) is 21.1 Å². The molecule has 0 aromatic heterocycles. The van der Waals surface area contributed by atoms with Crippen molar-refractivity contribution < 1.29 is 14.4 Å². The molecule has 0 heterocycles. The van der Waals surface area contributed by atoms with Crippen molar-refractivity contribution in [3.05, 3.63) is 35.9 Å². The molecule has 0 aliphatic rings. The summed E-state index contributed by atoms with van der Waals surface area (Å²) in [6.45, 7) is 2.26. The fraction of sp³-hybridized carbons (Fsp3) is 0.731. The fourth-order valence-corrected chi connectivity index (χ4v) is 4.35. The molecular formula is C26H45NO2. The van der Waals surface area contributed by atoms with Crippen molar-refractivity contribution in [2.75, 3.05) is 21.1 Å². The highest BCUT2D eigenvalue weighted by Crippen LogP contribution is 2.31. The Bertz CT molecular complexity index is 550. The number of quaternary nitrogens is 1. The van der Waals surface area contributed by atoms with E-state index < -0.39 is 11.5 Å². The topological polar surface area (TPSA) is 40.1 Å². The lowest BCUT2D eigenvalue weighted by Gasteiger charge is -2.47. The number of hydrogen-bond donors (Lipinski definition) is 0. The van der Waals surface area contributed by atoms with E-state index in [1.807, 2.05) is 39.3 Å². The van der Waals surface area contributed by atoms with Crippen LogP contribution in [-0.4, -0.2) is 37.1 Å². The first kappa shape index (κ1) is 25.7. The van der Waals surface area contributed by atoms with Gasteiger partial charge < -0.3 is 14.4 Å². The standard InChI is InChI=1S/C26H45NO2/c1-5-6-7-8-9-10-11-12-13-14-18-22-26(25(28)29,27(2,3)4)23-21-24-19-16-15-17-20-24/h15-17,19-20H,5-14,18,21-23H2,1-4H3. The number of benzene rings is 1. The minimum Gasteiger partial charge on any atom is -0.544 e. The van der Waals surface area contributed by atoms with Gasteiger partial charge in [0.15, 0.2) is 0 Å². The van der Waals surface area contributed by atoms with Gasteiger partial charge in [0.1, 0.15) is 11.5 Å². The molecule has 166 valence electrons. The second-order valence-electron chi connectivity index (χ2n) is 9.60. The summed E-state index contributed by atoms with van der Waals surface area (Å²) in [6.07, 6.45) is 16.2. The first-order chi connectivity index (χ1) is 13.8. The molecule has 0 saturated heterocycles. The van der Waals surface area contributed by atoms with Gasteiger partial charge in [-0.3, -0.25) is 0 Å². The van der Waals surface area contributed by atoms with E-state index >= 15 is 0 Å². The second-order valence-corrected chi connectivity index (χ2v) is 9.60. The van der Waals surface area contributed by atoms with Crippen LogP contribution in [0.4, 0.5) is 0 Å². The first-order valence-electron chi connectivity index (χ1n) is 11.9. The number of likely N-dealkylation sites (N-methyl/N-ethyl adjacent to an activating group) is 1. The van der Waals surface area contributed by atoms with E-state index in [2.05, 4.69) is 19.1 Å². The number of unbranched alkanes of at least 4 members (excludes halogenated alkanes) is 10. The monoisotopic (exact) mass is 403 g/mol. The van der Waals surface area contributed by atoms with Crippen molar-refractivity contribution in [3.8, 4) is 0 Å². The zero-order chi connectivity index (χ0) is 21.6. The number of carbonyl (C=O) groups is 1. The number of aliphatic carboxylic acids is 1. The van der Waals surface area contributed by atoms with E-state index in [1.54, 1.807) is 0 Å². The fourth-order valence-electron chi connectivity index (χ4n) is 4.35. The lowest BCUT2D eigenvalue weighted by Crippen LogP contribution is -2.66. The molecule has 3 heteroatoms. The molecular weight excluding hydrogens is 358 g/mol. The summed E-state index contributed by atoms with van der Waals surface area (Å²) in [5.74, 6) is -0.895. The van der Waals surface area contributed by atoms with Gasteiger partial charge in [-0.2, -0.15) is 0 Å². The van der Waals surface area contributed by atoms with Crippen LogP contribution in [0.5, 0.6) is 0 Å². The Labute approximate surface area is 180 Å². The number of carboxylic acids is 1. The van der Waals surface area contributed by atoms with Crippen LogP contribution in [0.1, 0.15) is 96.0 Å². The van der Waals surface area contributed by atoms with Crippen LogP contribution in [0.15, 0.2) is 30.3 Å². The van der Waals surface area contributed by atoms with Gasteiger partial charge in [0, 0.05) is 12.8 Å². The van der Waals surface area contributed by atoms with Crippen LogP contribution in [-0.2, 0) is 11.2 Å². The van der Waals surface area contributed by atoms with Crippen molar-refractivity contribution in [3.63, 3.8) is 0 Å². The lowest BCUT2D eigenvalue weighted by molar-refractivity contribution is -0.917. The first-order valence-corrected chi connectivity index (χ1v) is 11.9. The Hall–Kier alpha value is -1.35. The lowest BCUT2D eigenvalue weighted by atomic mass is 9.83. The zero-order valence-corrected chi connectivity index (χ0v) is 19.5. The van der Waals surface area contributed by atoms with E-state index in [0.29, 0.717) is 17.3 Å². The van der Waals surface area contributed by atoms with Crippen LogP contribution in [0, 0.1) is 0 Å². The Morgan fingerprint density at radius 2 is 1.28 bits per heavy atom. The van der Waals surface area contributed by atoms with E-state index in [9.17, 15) is 9.90 Å². The molecule has 0 spiro atoms. The molecule has 0 bridgehead atoms. The molecule has 1 rings (SSSR count). The highest BCUT2D eigenvalue weighted by molar-refractivity contribution is 5.75. The van der Waals surface area contributed by atoms with Crippen LogP contribution >= 0.6 is 0 Å². The zero-order valence-electron chi connectivity index (χ0n) is 19.5. The van der Waals surface area contributed by atoms with Gasteiger partial charge >= 0.3 is 0 Å². The molecule has 0 N–H and O–H groups in total. The van der Waals surface area contributed by atoms with Crippen molar-refractivity contribution in [2.24, 2.45) is 0 Å². The summed E-state index contributed by atoms with van der Waals surface area (Å²) in [5.41, 5.74) is 0.375. The number of hydrogen-bond acceptors (Lipinski definition) is 2. The third-order valence-corrected chi connectivity index (χ3v) is 6.53. The smallest absolute Gasteiger partial charge is 0.139 e. The summed E-state index contributed by atoms with van der Waals surface area (Å²) in [4.78, 5) is 12.3. The van der Waals surface area contributed by atoms with Crippen molar-refractivity contribution in [1.82, 2.24) is 0 Å². The maximum atomic E-state index is 12.3. The summed E-state index contributed by atoms with van der Waals surface area (Å²) in [7, 11) is 6.00. The normalized spacial score (nSPS) is 13.9. The Kier molecular flexibility index (Phi) is 12.2. The maximum Gasteiger partial charge on any atom is 0.139 e. The van der Waals surface area contributed by atoms with E-state index in [-0.39, 0.29) is 0 Å². The molecule has 1 atom stereocenters. The largest absolute Gasteiger partial charge is 0.544 e. The Morgan fingerprint density at radius 3 is 1.72 bits per heavy atom. The molecule has 29 heavy (non-hydrogen) atoms. The molecule has 0 amide bonds. The summed E-state index contributed by atoms with van der Waals surface area (Å²) < 4.78 is 0.417. The second kappa shape index (κ2) is 13.8. The molecule has 1 unspecified atom stereocenters. The number of rotatable bonds is 17. The van der Waals surface area contributed by atoms with E-state index in [1.165, 1.54) is 63.4 Å². The Balaban J connectivity index is 2.41. The molecule has 0 fully saturated rings. The highest BCUT2D eigenvalue weighted by Gasteiger charge is 2.43. The van der Waals surface area contributed by atoms with Gasteiger partial charge in [-0.15, -0.1) is 0 Å². The molecule has 0 aliphatic heterocycles. The number of nitrogens with zero attached hydrogens (tertiary/aromatic N) is 1. The SMILES string of the molecule is CCCCCCCCCCCCCC(CCc1ccccc1)(C(=O)[O-])[N+](C)(C)C. The minimum absolute atomic E-state index is 0.417. The average molecular weight is 404 g/mol. The van der Waals surface area contributed by atoms with E-state index in [4.69, 9.17) is 0 Å². The molecule has 0 radical (unpaired) electrons. The molecule has 1 aromatic carbocycles. The van der Waals surface area contributed by atoms with Gasteiger partial charge in [0.25, 0.3) is 0 Å². The quantitative estimate of drug-likeness (QED) is 0.254. The maximum absolute atomic E-state index is 12.3. The van der Waals surface area contributed by atoms with Gasteiger partial charge in [-0.1, -0.05) is 101 Å². The summed E-state index contributed by atoms with van der Waals surface area (Å²) in [6, 6.07) is 10.2. The number of carboxylic acid groups (broad SMARTS) is 1. The predicted molar refractivity (Wildman–Crippen MR) is 122 cm³/mol. The number of carbonyl (C=O) groups excluding carboxylic acids is 1. The predicted octanol–water partition coefficient (Wildman–Crippen LogP) is 5.52. The minimum atomic E-state index is -0.895. The van der Waals surface area contributed by atoms with Gasteiger partial charge in [-0.05, 0) is 18.4 Å². The van der Waals surface area contributed by atoms with Crippen LogP contribution in [0.2, 0.25) is 0 Å². The van der Waals surface area contributed by atoms with E-state index in [0.717, 1.165) is 19.3 Å². The molecule has 0 aliphatic carbocycles. The van der Waals surface area contributed by atoms with Crippen LogP contribution < -0.4 is 5.11 Å². The average Bonchev–Trinajstić information content (AvgIpc) is 2.68. The van der Waals surface area contributed by atoms with Crippen molar-refractivity contribution in [1.29, 1.82) is 0 Å². The van der Waals surface area contributed by atoms with Crippen molar-refractivity contribution in [2.45, 2.75) is 102 Å².